The summed E-state index contributed by atoms with van der Waals surface area (Å²) in [6.45, 7) is 1.56. The maximum Gasteiger partial charge on any atom is 0.345 e. The highest BCUT2D eigenvalue weighted by atomic mass is 16.4. The Morgan fingerprint density at radius 1 is 1.24 bits per heavy atom. The third kappa shape index (κ3) is 1.97. The predicted molar refractivity (Wildman–Crippen MR) is 77.7 cm³/mol. The topological polar surface area (TPSA) is 106 Å². The van der Waals surface area contributed by atoms with Crippen LogP contribution in [0.5, 0.6) is 5.75 Å². The summed E-state index contributed by atoms with van der Waals surface area (Å²) in [5.74, 6) is -1.96. The molecule has 0 fully saturated rings. The summed E-state index contributed by atoms with van der Waals surface area (Å²) in [4.78, 5) is 28.4. The Bertz CT molecular complexity index is 921. The Morgan fingerprint density at radius 2 is 2.00 bits per heavy atom. The number of hydrogen-bond acceptors (Lipinski definition) is 3. The van der Waals surface area contributed by atoms with Crippen molar-refractivity contribution in [2.45, 2.75) is 6.92 Å². The first-order valence-electron chi connectivity index (χ1n) is 6.25. The van der Waals surface area contributed by atoms with Crippen molar-refractivity contribution in [1.82, 2.24) is 9.97 Å². The maximum absolute atomic E-state index is 11.8. The van der Waals surface area contributed by atoms with Crippen LogP contribution in [-0.4, -0.2) is 26.2 Å². The smallest absolute Gasteiger partial charge is 0.345 e. The van der Waals surface area contributed by atoms with Gasteiger partial charge < -0.3 is 20.2 Å². The molecule has 106 valence electrons. The van der Waals surface area contributed by atoms with E-state index in [-0.39, 0.29) is 0 Å². The molecule has 0 saturated heterocycles. The molecule has 3 aromatic rings. The van der Waals surface area contributed by atoms with Gasteiger partial charge in [0, 0.05) is 22.7 Å². The average molecular weight is 284 g/mol. The Hall–Kier alpha value is -3.02. The molecule has 0 spiro atoms. The van der Waals surface area contributed by atoms with E-state index in [0.29, 0.717) is 16.8 Å². The van der Waals surface area contributed by atoms with E-state index in [2.05, 4.69) is 9.97 Å². The summed E-state index contributed by atoms with van der Waals surface area (Å²) < 4.78 is 0. The van der Waals surface area contributed by atoms with Crippen LogP contribution in [0.15, 0.2) is 35.3 Å². The Kier molecular flexibility index (Phi) is 2.79. The molecular weight excluding hydrogens is 272 g/mol. The average Bonchev–Trinajstić information content (AvgIpc) is 2.89. The maximum atomic E-state index is 11.8. The number of pyridine rings is 1. The number of aromatic nitrogens is 2. The Balaban J connectivity index is 2.27. The normalized spacial score (nSPS) is 10.9. The number of aromatic amines is 2. The molecule has 0 radical (unpaired) electrons. The van der Waals surface area contributed by atoms with E-state index in [1.165, 1.54) is 0 Å². The molecule has 0 unspecified atom stereocenters. The molecule has 21 heavy (non-hydrogen) atoms. The van der Waals surface area contributed by atoms with Gasteiger partial charge in [0.2, 0.25) is 0 Å². The van der Waals surface area contributed by atoms with Crippen LogP contribution < -0.4 is 5.56 Å². The molecule has 0 aliphatic carbocycles. The van der Waals surface area contributed by atoms with E-state index in [1.807, 2.05) is 18.2 Å². The van der Waals surface area contributed by atoms with E-state index in [0.717, 1.165) is 10.9 Å². The first-order chi connectivity index (χ1) is 9.99. The lowest BCUT2D eigenvalue weighted by Gasteiger charge is -2.10. The Morgan fingerprint density at radius 3 is 2.71 bits per heavy atom. The van der Waals surface area contributed by atoms with Gasteiger partial charge in [-0.25, -0.2) is 4.79 Å². The highest BCUT2D eigenvalue weighted by molar-refractivity contribution is 5.92. The summed E-state index contributed by atoms with van der Waals surface area (Å²) in [5, 5.41) is 19.9. The van der Waals surface area contributed by atoms with Crippen LogP contribution in [0.2, 0.25) is 0 Å². The molecule has 0 aliphatic heterocycles. The summed E-state index contributed by atoms with van der Waals surface area (Å²) >= 11 is 0. The van der Waals surface area contributed by atoms with E-state index in [9.17, 15) is 14.7 Å². The molecular formula is C15H12N2O4. The fourth-order valence-corrected chi connectivity index (χ4v) is 2.38. The van der Waals surface area contributed by atoms with E-state index < -0.39 is 22.8 Å². The van der Waals surface area contributed by atoms with Crippen LogP contribution >= 0.6 is 0 Å². The van der Waals surface area contributed by atoms with Crippen LogP contribution in [0, 0.1) is 6.92 Å². The van der Waals surface area contributed by atoms with Gasteiger partial charge in [0.25, 0.3) is 5.56 Å². The fraction of sp³-hybridized carbons (Fsp3) is 0.0667. The van der Waals surface area contributed by atoms with Crippen molar-refractivity contribution >= 4 is 16.9 Å². The zero-order valence-electron chi connectivity index (χ0n) is 11.1. The molecule has 3 rings (SSSR count). The van der Waals surface area contributed by atoms with Gasteiger partial charge in [0.1, 0.15) is 5.75 Å². The molecule has 4 N–H and O–H groups in total. The number of fused-ring (bicyclic) bond motifs is 1. The minimum atomic E-state index is -1.45. The van der Waals surface area contributed by atoms with Crippen molar-refractivity contribution < 1.29 is 15.0 Å². The molecule has 0 atom stereocenters. The third-order valence-corrected chi connectivity index (χ3v) is 3.49. The molecule has 0 bridgehead atoms. The molecule has 6 nitrogen and oxygen atoms in total. The van der Waals surface area contributed by atoms with Crippen molar-refractivity contribution in [1.29, 1.82) is 0 Å². The fourth-order valence-electron chi connectivity index (χ4n) is 2.38. The molecule has 2 aromatic heterocycles. The van der Waals surface area contributed by atoms with Crippen molar-refractivity contribution in [3.8, 4) is 17.0 Å². The number of benzene rings is 1. The van der Waals surface area contributed by atoms with Crippen LogP contribution in [0.1, 0.15) is 15.9 Å². The van der Waals surface area contributed by atoms with Crippen molar-refractivity contribution in [3.05, 3.63) is 51.9 Å². The number of H-pyrrole nitrogens is 2. The summed E-state index contributed by atoms with van der Waals surface area (Å²) in [6, 6.07) is 7.38. The van der Waals surface area contributed by atoms with Crippen molar-refractivity contribution in [3.63, 3.8) is 0 Å². The van der Waals surface area contributed by atoms with Gasteiger partial charge in [0.15, 0.2) is 5.56 Å². The molecule has 0 aliphatic rings. The molecule has 0 saturated carbocycles. The second kappa shape index (κ2) is 4.52. The SMILES string of the molecule is Cc1c(-c2ccc3[nH]ccc3c2)[nH]c(=O)c(C(=O)O)c1O. The second-order valence-electron chi connectivity index (χ2n) is 4.76. The zero-order chi connectivity index (χ0) is 15.1. The minimum Gasteiger partial charge on any atom is -0.506 e. The van der Waals surface area contributed by atoms with Gasteiger partial charge in [-0.15, -0.1) is 0 Å². The van der Waals surface area contributed by atoms with Crippen LogP contribution in [0.3, 0.4) is 0 Å². The van der Waals surface area contributed by atoms with Gasteiger partial charge in [-0.3, -0.25) is 4.79 Å². The van der Waals surface area contributed by atoms with Gasteiger partial charge in [-0.1, -0.05) is 6.07 Å². The van der Waals surface area contributed by atoms with E-state index in [1.54, 1.807) is 19.2 Å². The number of carboxylic acid groups (broad SMARTS) is 1. The quantitative estimate of drug-likeness (QED) is 0.579. The van der Waals surface area contributed by atoms with Gasteiger partial charge >= 0.3 is 5.97 Å². The van der Waals surface area contributed by atoms with Crippen LogP contribution in [-0.2, 0) is 0 Å². The number of rotatable bonds is 2. The summed E-state index contributed by atoms with van der Waals surface area (Å²) in [7, 11) is 0. The first kappa shape index (κ1) is 13.0. The minimum absolute atomic E-state index is 0.321. The highest BCUT2D eigenvalue weighted by Gasteiger charge is 2.20. The number of hydrogen-bond donors (Lipinski definition) is 4. The highest BCUT2D eigenvalue weighted by Crippen LogP contribution is 2.29. The van der Waals surface area contributed by atoms with Crippen molar-refractivity contribution in [2.24, 2.45) is 0 Å². The lowest BCUT2D eigenvalue weighted by atomic mass is 10.0. The number of aromatic carboxylic acids is 1. The first-order valence-corrected chi connectivity index (χ1v) is 6.25. The lowest BCUT2D eigenvalue weighted by molar-refractivity contribution is 0.0691. The number of aromatic hydroxyl groups is 1. The van der Waals surface area contributed by atoms with Crippen LogP contribution in [0.25, 0.3) is 22.2 Å². The summed E-state index contributed by atoms with van der Waals surface area (Å²) in [6.07, 6.45) is 1.80. The predicted octanol–water partition coefficient (Wildman–Crippen LogP) is 2.24. The zero-order valence-corrected chi connectivity index (χ0v) is 11.1. The largest absolute Gasteiger partial charge is 0.506 e. The third-order valence-electron chi connectivity index (χ3n) is 3.49. The molecule has 1 aromatic carbocycles. The number of carbonyl (C=O) groups is 1. The standard InChI is InChI=1S/C15H12N2O4/c1-7-12(17-14(19)11(13(7)18)15(20)21)9-2-3-10-8(6-9)4-5-16-10/h2-6,16H,1H3,(H,20,21)(H2,17,18,19). The molecule has 2 heterocycles. The van der Waals surface area contributed by atoms with Gasteiger partial charge in [0.05, 0.1) is 5.69 Å². The van der Waals surface area contributed by atoms with Crippen molar-refractivity contribution in [2.75, 3.05) is 0 Å². The summed E-state index contributed by atoms with van der Waals surface area (Å²) in [5.41, 5.74) is 0.912. The van der Waals surface area contributed by atoms with Gasteiger partial charge in [-0.2, -0.15) is 0 Å². The van der Waals surface area contributed by atoms with Crippen LogP contribution in [0.4, 0.5) is 0 Å². The van der Waals surface area contributed by atoms with E-state index >= 15 is 0 Å². The Labute approximate surface area is 118 Å². The van der Waals surface area contributed by atoms with E-state index in [4.69, 9.17) is 5.11 Å². The number of nitrogens with one attached hydrogen (secondary N) is 2. The molecule has 0 amide bonds. The lowest BCUT2D eigenvalue weighted by Crippen LogP contribution is -2.19. The van der Waals surface area contributed by atoms with Gasteiger partial charge in [-0.05, 0) is 30.7 Å². The molecule has 6 heteroatoms. The monoisotopic (exact) mass is 284 g/mol. The number of carboxylic acids is 1. The second-order valence-corrected chi connectivity index (χ2v) is 4.76.